The smallest absolute Gasteiger partial charge is 0.189 e. The molecular formula is C23H24N2O2S. The van der Waals surface area contributed by atoms with Gasteiger partial charge < -0.3 is 4.98 Å². The van der Waals surface area contributed by atoms with E-state index < -0.39 is 0 Å². The van der Waals surface area contributed by atoms with Gasteiger partial charge in [0.2, 0.25) is 0 Å². The number of nitrogens with zero attached hydrogens (tertiary/aromatic N) is 1. The molecule has 2 aromatic carbocycles. The third-order valence-corrected chi connectivity index (χ3v) is 6.23. The van der Waals surface area contributed by atoms with Crippen molar-refractivity contribution in [3.63, 3.8) is 0 Å². The van der Waals surface area contributed by atoms with Crippen molar-refractivity contribution in [1.29, 1.82) is 0 Å². The molecule has 0 spiro atoms. The summed E-state index contributed by atoms with van der Waals surface area (Å²) in [6.07, 6.45) is 3.93. The number of fused-ring (bicyclic) bond motifs is 1. The first-order valence-electron chi connectivity index (χ1n) is 9.66. The van der Waals surface area contributed by atoms with Gasteiger partial charge in [-0.15, -0.1) is 11.8 Å². The van der Waals surface area contributed by atoms with Gasteiger partial charge in [0.25, 0.3) is 0 Å². The minimum absolute atomic E-state index is 0.00854. The molecule has 1 fully saturated rings. The lowest BCUT2D eigenvalue weighted by Gasteiger charge is -2.32. The second kappa shape index (κ2) is 8.33. The molecule has 0 amide bonds. The average molecular weight is 393 g/mol. The van der Waals surface area contributed by atoms with E-state index in [1.54, 1.807) is 17.8 Å². The number of aromatic amines is 1. The Morgan fingerprint density at radius 3 is 2.82 bits per heavy atom. The molecular weight excluding hydrogens is 368 g/mol. The number of ketones is 1. The van der Waals surface area contributed by atoms with E-state index in [1.165, 1.54) is 0 Å². The summed E-state index contributed by atoms with van der Waals surface area (Å²) in [5.74, 6) is 0.246. The normalized spacial score (nSPS) is 17.7. The fraction of sp³-hybridized carbons (Fsp3) is 0.304. The largest absolute Gasteiger partial charge is 0.357 e. The molecule has 0 unspecified atom stereocenters. The van der Waals surface area contributed by atoms with Crippen molar-refractivity contribution in [2.45, 2.75) is 24.3 Å². The fourth-order valence-corrected chi connectivity index (χ4v) is 4.66. The Kier molecular flexibility index (Phi) is 5.64. The molecule has 1 N–H and O–H groups in total. The average Bonchev–Trinajstić information content (AvgIpc) is 2.73. The summed E-state index contributed by atoms with van der Waals surface area (Å²) in [5, 5.41) is 0.714. The van der Waals surface area contributed by atoms with Gasteiger partial charge in [0.1, 0.15) is 0 Å². The highest BCUT2D eigenvalue weighted by Crippen LogP contribution is 2.27. The first kappa shape index (κ1) is 19.0. The number of pyridine rings is 1. The van der Waals surface area contributed by atoms with Crippen molar-refractivity contribution in [1.82, 2.24) is 9.88 Å². The van der Waals surface area contributed by atoms with E-state index in [-0.39, 0.29) is 17.1 Å². The molecule has 1 atom stereocenters. The number of para-hydroxylation sites is 1. The topological polar surface area (TPSA) is 53.2 Å². The molecule has 4 rings (SSSR count). The lowest BCUT2D eigenvalue weighted by atomic mass is 9.90. The van der Waals surface area contributed by atoms with Gasteiger partial charge in [-0.05, 0) is 43.8 Å². The molecule has 1 aliphatic heterocycles. The number of Topliss-reactive ketones (excluding diaryl/α,β-unsaturated/α-hetero) is 1. The highest BCUT2D eigenvalue weighted by Gasteiger charge is 2.28. The summed E-state index contributed by atoms with van der Waals surface area (Å²) in [6, 6.07) is 17.1. The minimum Gasteiger partial charge on any atom is -0.357 e. The predicted octanol–water partition coefficient (Wildman–Crippen LogP) is 4.34. The number of hydrogen-bond donors (Lipinski definition) is 1. The van der Waals surface area contributed by atoms with E-state index in [0.717, 1.165) is 47.6 Å². The predicted molar refractivity (Wildman–Crippen MR) is 115 cm³/mol. The van der Waals surface area contributed by atoms with Crippen molar-refractivity contribution < 1.29 is 4.79 Å². The summed E-state index contributed by atoms with van der Waals surface area (Å²) in [6.45, 7) is 2.34. The fourth-order valence-electron chi connectivity index (χ4n) is 4.06. The van der Waals surface area contributed by atoms with Crippen LogP contribution in [-0.4, -0.2) is 35.0 Å². The van der Waals surface area contributed by atoms with Crippen molar-refractivity contribution in [2.24, 2.45) is 5.92 Å². The summed E-state index contributed by atoms with van der Waals surface area (Å²) < 4.78 is 0. The molecule has 1 aliphatic rings. The van der Waals surface area contributed by atoms with E-state index in [9.17, 15) is 9.59 Å². The van der Waals surface area contributed by atoms with Crippen molar-refractivity contribution in [3.05, 3.63) is 76.1 Å². The zero-order valence-corrected chi connectivity index (χ0v) is 16.8. The number of thioether (sulfide) groups is 1. The van der Waals surface area contributed by atoms with Gasteiger partial charge >= 0.3 is 0 Å². The quantitative estimate of drug-likeness (QED) is 0.518. The van der Waals surface area contributed by atoms with Crippen molar-refractivity contribution >= 4 is 28.4 Å². The highest BCUT2D eigenvalue weighted by molar-refractivity contribution is 7.98. The van der Waals surface area contributed by atoms with Crippen molar-refractivity contribution in [3.8, 4) is 0 Å². The van der Waals surface area contributed by atoms with Crippen LogP contribution in [0.25, 0.3) is 10.9 Å². The number of likely N-dealkylation sites (tertiary alicyclic amines) is 1. The number of benzene rings is 2. The molecule has 1 aromatic heterocycles. The third kappa shape index (κ3) is 3.91. The van der Waals surface area contributed by atoms with Gasteiger partial charge in [-0.3, -0.25) is 14.5 Å². The van der Waals surface area contributed by atoms with E-state index in [1.807, 2.05) is 54.8 Å². The molecule has 4 nitrogen and oxygen atoms in total. The first-order valence-corrected chi connectivity index (χ1v) is 10.9. The van der Waals surface area contributed by atoms with Gasteiger partial charge in [-0.1, -0.05) is 30.3 Å². The van der Waals surface area contributed by atoms with Crippen LogP contribution in [-0.2, 0) is 6.54 Å². The number of H-pyrrole nitrogens is 1. The third-order valence-electron chi connectivity index (χ3n) is 5.44. The Hall–Kier alpha value is -2.37. The number of rotatable bonds is 5. The number of carbonyl (C=O) groups is 1. The molecule has 0 saturated carbocycles. The maximum Gasteiger partial charge on any atom is 0.189 e. The molecule has 0 bridgehead atoms. The SMILES string of the molecule is CSc1ccccc1C(=O)[C@H]1CCCN(Cc2cc(=O)c3ccccc3[nH]2)C1. The van der Waals surface area contributed by atoms with E-state index >= 15 is 0 Å². The summed E-state index contributed by atoms with van der Waals surface area (Å²) in [4.78, 5) is 32.2. The molecule has 3 aromatic rings. The zero-order valence-electron chi connectivity index (χ0n) is 16.0. The second-order valence-corrected chi connectivity index (χ2v) is 8.19. The van der Waals surface area contributed by atoms with Crippen LogP contribution in [0.4, 0.5) is 0 Å². The van der Waals surface area contributed by atoms with Crippen molar-refractivity contribution in [2.75, 3.05) is 19.3 Å². The van der Waals surface area contributed by atoms with Crippen LogP contribution in [0.5, 0.6) is 0 Å². The van der Waals surface area contributed by atoms with E-state index in [0.29, 0.717) is 11.9 Å². The van der Waals surface area contributed by atoms with E-state index in [2.05, 4.69) is 9.88 Å². The van der Waals surface area contributed by atoms with Gasteiger partial charge in [-0.2, -0.15) is 0 Å². The minimum atomic E-state index is 0.00854. The maximum atomic E-state index is 13.1. The number of piperidine rings is 1. The summed E-state index contributed by atoms with van der Waals surface area (Å²) >= 11 is 1.62. The molecule has 1 saturated heterocycles. The van der Waals surface area contributed by atoms with Gasteiger partial charge in [0, 0.05) is 52.1 Å². The Labute approximate surface area is 169 Å². The molecule has 144 valence electrons. The Morgan fingerprint density at radius 1 is 1.18 bits per heavy atom. The van der Waals surface area contributed by atoms with Crippen LogP contribution >= 0.6 is 11.8 Å². The van der Waals surface area contributed by atoms with Crippen LogP contribution < -0.4 is 5.43 Å². The lowest BCUT2D eigenvalue weighted by Crippen LogP contribution is -2.38. The Bertz CT molecular complexity index is 1060. The maximum absolute atomic E-state index is 13.1. The Balaban J connectivity index is 1.51. The molecule has 0 radical (unpaired) electrons. The van der Waals surface area contributed by atoms with E-state index in [4.69, 9.17) is 0 Å². The summed E-state index contributed by atoms with van der Waals surface area (Å²) in [5.41, 5.74) is 2.65. The lowest BCUT2D eigenvalue weighted by molar-refractivity contribution is 0.0807. The standard InChI is InChI=1S/C23H24N2O2S/c1-28-22-11-5-3-9-19(22)23(27)16-7-6-12-25(14-16)15-17-13-21(26)18-8-2-4-10-20(18)24-17/h2-5,8-11,13,16H,6-7,12,14-15H2,1H3,(H,24,26)/t16-/m0/s1. The van der Waals surface area contributed by atoms with Gasteiger partial charge in [-0.25, -0.2) is 0 Å². The zero-order chi connectivity index (χ0) is 19.5. The number of nitrogens with one attached hydrogen (secondary N) is 1. The van der Waals surface area contributed by atoms with Crippen LogP contribution in [0, 0.1) is 5.92 Å². The molecule has 0 aliphatic carbocycles. The number of carbonyl (C=O) groups excluding carboxylic acids is 1. The molecule has 5 heteroatoms. The Morgan fingerprint density at radius 2 is 1.96 bits per heavy atom. The molecule has 28 heavy (non-hydrogen) atoms. The monoisotopic (exact) mass is 392 g/mol. The van der Waals surface area contributed by atoms with Crippen LogP contribution in [0.15, 0.2) is 64.3 Å². The second-order valence-electron chi connectivity index (χ2n) is 7.34. The summed E-state index contributed by atoms with van der Waals surface area (Å²) in [7, 11) is 0. The van der Waals surface area contributed by atoms with Crippen LogP contribution in [0.3, 0.4) is 0 Å². The van der Waals surface area contributed by atoms with Gasteiger partial charge in [0.15, 0.2) is 11.2 Å². The van der Waals surface area contributed by atoms with Crippen LogP contribution in [0.2, 0.25) is 0 Å². The number of aromatic nitrogens is 1. The van der Waals surface area contributed by atoms with Crippen LogP contribution in [0.1, 0.15) is 28.9 Å². The highest BCUT2D eigenvalue weighted by atomic mass is 32.2. The van der Waals surface area contributed by atoms with Gasteiger partial charge in [0.05, 0.1) is 0 Å². The molecule has 2 heterocycles. The first-order chi connectivity index (χ1) is 13.7. The number of hydrogen-bond acceptors (Lipinski definition) is 4.